The first kappa shape index (κ1) is 55.2. The van der Waals surface area contributed by atoms with Crippen LogP contribution in [0.1, 0.15) is 206 Å². The van der Waals surface area contributed by atoms with Crippen LogP contribution < -0.4 is 0 Å². The van der Waals surface area contributed by atoms with E-state index < -0.39 is 51.8 Å². The molecule has 0 aromatic heterocycles. The molecule has 3 atom stereocenters. The van der Waals surface area contributed by atoms with Crippen molar-refractivity contribution in [3.05, 3.63) is 36.5 Å². The van der Waals surface area contributed by atoms with Gasteiger partial charge >= 0.3 is 19.8 Å². The highest BCUT2D eigenvalue weighted by atomic mass is 31.2. The Morgan fingerprint density at radius 3 is 1.44 bits per heavy atom. The van der Waals surface area contributed by atoms with Gasteiger partial charge in [-0.1, -0.05) is 159 Å². The number of esters is 2. The number of unbranched alkanes of at least 4 members (excludes halogenated alkanes) is 23. The summed E-state index contributed by atoms with van der Waals surface area (Å²) in [5.41, 5.74) is 0. The molecular formula is C46H85O10P. The molecule has 57 heavy (non-hydrogen) atoms. The number of phosphoric acid groups is 1. The number of hydrogen-bond acceptors (Lipinski definition) is 9. The van der Waals surface area contributed by atoms with E-state index in [0.717, 1.165) is 51.4 Å². The van der Waals surface area contributed by atoms with Gasteiger partial charge in [0.05, 0.1) is 19.8 Å². The Balaban J connectivity index is 4.27. The van der Waals surface area contributed by atoms with Gasteiger partial charge in [0.2, 0.25) is 0 Å². The van der Waals surface area contributed by atoms with Crippen LogP contribution in [0.3, 0.4) is 0 Å². The van der Waals surface area contributed by atoms with Crippen molar-refractivity contribution in [1.82, 2.24) is 0 Å². The molecule has 0 saturated heterocycles. The van der Waals surface area contributed by atoms with E-state index in [1.54, 1.807) is 0 Å². The predicted octanol–water partition coefficient (Wildman–Crippen LogP) is 12.3. The van der Waals surface area contributed by atoms with Gasteiger partial charge in [-0.2, -0.15) is 0 Å². The van der Waals surface area contributed by atoms with Crippen LogP contribution in [0.4, 0.5) is 0 Å². The van der Waals surface area contributed by atoms with Gasteiger partial charge in [0.1, 0.15) is 12.7 Å². The summed E-state index contributed by atoms with van der Waals surface area (Å²) in [6.45, 7) is 2.34. The van der Waals surface area contributed by atoms with Crippen molar-refractivity contribution in [3.63, 3.8) is 0 Å². The van der Waals surface area contributed by atoms with Gasteiger partial charge in [-0.05, 0) is 70.6 Å². The van der Waals surface area contributed by atoms with Gasteiger partial charge in [0.25, 0.3) is 0 Å². The molecule has 0 aliphatic rings. The Bertz CT molecular complexity index is 1050. The molecule has 11 heteroatoms. The molecule has 0 aromatic rings. The van der Waals surface area contributed by atoms with Crippen LogP contribution in [0.2, 0.25) is 0 Å². The average molecular weight is 829 g/mol. The monoisotopic (exact) mass is 829 g/mol. The summed E-state index contributed by atoms with van der Waals surface area (Å²) in [5.74, 6) is -0.951. The van der Waals surface area contributed by atoms with E-state index in [-0.39, 0.29) is 19.4 Å². The Morgan fingerprint density at radius 2 is 0.912 bits per heavy atom. The summed E-state index contributed by atoms with van der Waals surface area (Å²) >= 11 is 0. The summed E-state index contributed by atoms with van der Waals surface area (Å²) in [6, 6.07) is 0. The third-order valence-electron chi connectivity index (χ3n) is 9.77. The smallest absolute Gasteiger partial charge is 0.462 e. The summed E-state index contributed by atoms with van der Waals surface area (Å²) in [5, 5.41) is 18.3. The van der Waals surface area contributed by atoms with Crippen LogP contribution in [0.15, 0.2) is 36.5 Å². The maximum Gasteiger partial charge on any atom is 0.472 e. The fraction of sp³-hybridized carbons (Fsp3) is 0.826. The number of aliphatic hydroxyl groups excluding tert-OH is 2. The quantitative estimate of drug-likeness (QED) is 0.0235. The van der Waals surface area contributed by atoms with Crippen molar-refractivity contribution < 1.29 is 47.8 Å². The van der Waals surface area contributed by atoms with Gasteiger partial charge in [-0.25, -0.2) is 4.57 Å². The first-order chi connectivity index (χ1) is 27.7. The molecule has 0 amide bonds. The number of allylic oxidation sites excluding steroid dienone is 6. The fourth-order valence-corrected chi connectivity index (χ4v) is 6.98. The van der Waals surface area contributed by atoms with Gasteiger partial charge in [-0.3, -0.25) is 18.6 Å². The molecule has 0 rings (SSSR count). The second-order valence-electron chi connectivity index (χ2n) is 15.4. The van der Waals surface area contributed by atoms with Crippen molar-refractivity contribution in [2.45, 2.75) is 219 Å². The minimum Gasteiger partial charge on any atom is -0.462 e. The Hall–Kier alpha value is -1.81. The highest BCUT2D eigenvalue weighted by Gasteiger charge is 2.27. The zero-order valence-electron chi connectivity index (χ0n) is 36.3. The predicted molar refractivity (Wildman–Crippen MR) is 233 cm³/mol. The fourth-order valence-electron chi connectivity index (χ4n) is 6.19. The minimum absolute atomic E-state index is 0.154. The lowest BCUT2D eigenvalue weighted by Gasteiger charge is -2.20. The summed E-state index contributed by atoms with van der Waals surface area (Å²) < 4.78 is 32.7. The van der Waals surface area contributed by atoms with Crippen molar-refractivity contribution in [3.8, 4) is 0 Å². The number of hydrogen-bond donors (Lipinski definition) is 3. The molecule has 0 fully saturated rings. The maximum atomic E-state index is 12.6. The van der Waals surface area contributed by atoms with Crippen LogP contribution in [0, 0.1) is 0 Å². The maximum absolute atomic E-state index is 12.6. The van der Waals surface area contributed by atoms with E-state index in [1.165, 1.54) is 116 Å². The molecule has 0 aliphatic carbocycles. The Morgan fingerprint density at radius 1 is 0.526 bits per heavy atom. The lowest BCUT2D eigenvalue weighted by atomic mass is 10.1. The molecule has 0 aromatic carbocycles. The largest absolute Gasteiger partial charge is 0.472 e. The van der Waals surface area contributed by atoms with E-state index in [2.05, 4.69) is 50.3 Å². The van der Waals surface area contributed by atoms with E-state index in [4.69, 9.17) is 23.6 Å². The van der Waals surface area contributed by atoms with Crippen molar-refractivity contribution in [2.75, 3.05) is 26.4 Å². The van der Waals surface area contributed by atoms with E-state index in [9.17, 15) is 24.2 Å². The summed E-state index contributed by atoms with van der Waals surface area (Å²) in [4.78, 5) is 35.0. The number of ether oxygens (including phenoxy) is 2. The SMILES string of the molecule is CCCCC/C=C/C/C=C/CCCCCCCCCCCC(=O)OC[C@H](COP(=O)(O)OC[C@@H](O)CO)OC(=O)CCCC/C=C/CCCCCCCCCCC. The molecule has 0 saturated carbocycles. The second-order valence-corrected chi connectivity index (χ2v) is 16.9. The van der Waals surface area contributed by atoms with Crippen LogP contribution in [0.25, 0.3) is 0 Å². The lowest BCUT2D eigenvalue weighted by molar-refractivity contribution is -0.161. The molecule has 0 spiro atoms. The molecule has 0 bridgehead atoms. The molecule has 0 heterocycles. The van der Waals surface area contributed by atoms with Crippen LogP contribution in [-0.4, -0.2) is 65.7 Å². The third kappa shape index (κ3) is 42.1. The summed E-state index contributed by atoms with van der Waals surface area (Å²) in [7, 11) is -4.62. The van der Waals surface area contributed by atoms with Gasteiger partial charge in [-0.15, -0.1) is 0 Å². The standard InChI is InChI=1S/C46H85O10P/c1-3-5-7-9-11-13-15-17-19-20-21-22-24-25-27-29-31-33-35-37-45(49)53-41-44(42-55-57(51,52)54-40-43(48)39-47)56-46(50)38-36-34-32-30-28-26-23-18-16-14-12-10-8-6-4-2/h11,13,17,19,28,30,43-44,47-48H,3-10,12,14-16,18,20-27,29,31-42H2,1-2H3,(H,51,52)/b13-11+,19-17+,30-28+/t43-,44+/m0/s1. The van der Waals surface area contributed by atoms with Gasteiger partial charge in [0, 0.05) is 12.8 Å². The molecule has 0 radical (unpaired) electrons. The van der Waals surface area contributed by atoms with Crippen LogP contribution >= 0.6 is 7.82 Å². The first-order valence-corrected chi connectivity index (χ1v) is 24.4. The first-order valence-electron chi connectivity index (χ1n) is 22.9. The highest BCUT2D eigenvalue weighted by molar-refractivity contribution is 7.47. The van der Waals surface area contributed by atoms with Crippen LogP contribution in [-0.2, 0) is 32.7 Å². The molecule has 3 N–H and O–H groups in total. The van der Waals surface area contributed by atoms with E-state index in [1.807, 2.05) is 0 Å². The zero-order chi connectivity index (χ0) is 41.9. The molecular weight excluding hydrogens is 743 g/mol. The van der Waals surface area contributed by atoms with E-state index in [0.29, 0.717) is 12.8 Å². The zero-order valence-corrected chi connectivity index (χ0v) is 37.2. The number of aliphatic hydroxyl groups is 2. The highest BCUT2D eigenvalue weighted by Crippen LogP contribution is 2.43. The van der Waals surface area contributed by atoms with Gasteiger partial charge < -0.3 is 24.6 Å². The van der Waals surface area contributed by atoms with Gasteiger partial charge in [0.15, 0.2) is 6.10 Å². The normalized spacial score (nSPS) is 14.1. The van der Waals surface area contributed by atoms with Crippen LogP contribution in [0.5, 0.6) is 0 Å². The Labute approximate surface area is 348 Å². The van der Waals surface area contributed by atoms with E-state index >= 15 is 0 Å². The average Bonchev–Trinajstić information content (AvgIpc) is 3.20. The minimum atomic E-state index is -4.62. The van der Waals surface area contributed by atoms with Crippen molar-refractivity contribution in [2.24, 2.45) is 0 Å². The molecule has 0 aliphatic heterocycles. The van der Waals surface area contributed by atoms with Crippen molar-refractivity contribution in [1.29, 1.82) is 0 Å². The summed E-state index contributed by atoms with van der Waals surface area (Å²) in [6.07, 6.45) is 43.9. The molecule has 1 unspecified atom stereocenters. The second kappa shape index (κ2) is 42.3. The molecule has 334 valence electrons. The van der Waals surface area contributed by atoms with Crippen molar-refractivity contribution >= 4 is 19.8 Å². The number of phosphoric ester groups is 1. The number of carbonyl (C=O) groups excluding carboxylic acids is 2. The number of rotatable bonds is 43. The Kier molecular flexibility index (Phi) is 41.0. The lowest BCUT2D eigenvalue weighted by Crippen LogP contribution is -2.29. The topological polar surface area (TPSA) is 149 Å². The molecule has 10 nitrogen and oxygen atoms in total. The third-order valence-corrected chi connectivity index (χ3v) is 10.7. The number of carbonyl (C=O) groups is 2.